The Bertz CT molecular complexity index is 1640. The molecule has 0 aromatic carbocycles. The Balaban J connectivity index is 1.56. The van der Waals surface area contributed by atoms with Crippen molar-refractivity contribution in [3.05, 3.63) is 102 Å². The molecule has 0 bridgehead atoms. The first-order valence-corrected chi connectivity index (χ1v) is 21.0. The fourth-order valence-electron chi connectivity index (χ4n) is 6.94. The second kappa shape index (κ2) is 9.98. The lowest BCUT2D eigenvalue weighted by Crippen LogP contribution is -2.00. The average molecular weight is 619 g/mol. The maximum atomic E-state index is 16.9. The molecule has 0 saturated heterocycles. The van der Waals surface area contributed by atoms with E-state index in [-0.39, 0.29) is 0 Å². The topological polar surface area (TPSA) is 17.1 Å². The Hall–Kier alpha value is -1.71. The van der Waals surface area contributed by atoms with E-state index in [1.54, 1.807) is 22.7 Å². The first kappa shape index (κ1) is 25.0. The molecule has 3 aliphatic rings. The summed E-state index contributed by atoms with van der Waals surface area (Å²) < 4.78 is 16.9. The lowest BCUT2D eigenvalue weighted by Gasteiger charge is -2.24. The van der Waals surface area contributed by atoms with Crippen molar-refractivity contribution in [3.63, 3.8) is 0 Å². The van der Waals surface area contributed by atoms with E-state index in [2.05, 4.69) is 70.1 Å². The molecule has 1 aliphatic heterocycles. The molecular formula is C32H28OP2S4. The van der Waals surface area contributed by atoms with Crippen LogP contribution in [-0.2, 0) is 17.4 Å². The zero-order valence-corrected chi connectivity index (χ0v) is 26.6. The zero-order chi connectivity index (χ0) is 26.0. The van der Waals surface area contributed by atoms with E-state index in [1.165, 1.54) is 88.7 Å². The van der Waals surface area contributed by atoms with E-state index < -0.39 is 14.1 Å². The summed E-state index contributed by atoms with van der Waals surface area (Å²) >= 11 is 7.27. The van der Waals surface area contributed by atoms with Crippen LogP contribution in [-0.4, -0.2) is 0 Å². The molecule has 0 spiro atoms. The van der Waals surface area contributed by atoms with E-state index in [4.69, 9.17) is 0 Å². The standard InChI is InChI=1S/C32H28OP2S4/c33-35(31(27-15-7-19-38-27)23-11-3-4-12-24(23)32(35)28-16-8-20-39-28)34-29(25-13-5-17-36-25)21-9-1-2-10-22(21)30(34)26-14-6-18-37-26/h5-8,13-20H,1-4,9-12H2. The van der Waals surface area contributed by atoms with Crippen molar-refractivity contribution in [1.29, 1.82) is 0 Å². The van der Waals surface area contributed by atoms with Crippen molar-refractivity contribution >= 4 is 70.0 Å². The van der Waals surface area contributed by atoms with Crippen molar-refractivity contribution < 1.29 is 4.57 Å². The van der Waals surface area contributed by atoms with E-state index in [0.29, 0.717) is 0 Å². The van der Waals surface area contributed by atoms with Crippen molar-refractivity contribution in [2.45, 2.75) is 51.4 Å². The summed E-state index contributed by atoms with van der Waals surface area (Å²) in [6.45, 7) is -3.05. The molecule has 1 fully saturated rings. The van der Waals surface area contributed by atoms with E-state index in [1.807, 2.05) is 22.7 Å². The van der Waals surface area contributed by atoms with Gasteiger partial charge in [-0.05, 0) is 127 Å². The van der Waals surface area contributed by atoms with Gasteiger partial charge in [-0.3, -0.25) is 0 Å². The summed E-state index contributed by atoms with van der Waals surface area (Å²) in [5.41, 5.74) is 5.93. The fraction of sp³-hybridized carbons (Fsp3) is 0.250. The molecule has 1 nitrogen and oxygen atoms in total. The molecule has 5 aromatic rings. The number of thiophene rings is 4. The predicted molar refractivity (Wildman–Crippen MR) is 176 cm³/mol. The lowest BCUT2D eigenvalue weighted by molar-refractivity contribution is 0.596. The molecule has 7 heteroatoms. The predicted octanol–water partition coefficient (Wildman–Crippen LogP) is 12.7. The largest absolute Gasteiger partial charge is 0.304 e. The summed E-state index contributed by atoms with van der Waals surface area (Å²) in [6.07, 6.45) is 9.20. The van der Waals surface area contributed by atoms with Crippen molar-refractivity contribution in [3.8, 4) is 20.3 Å². The van der Waals surface area contributed by atoms with Gasteiger partial charge in [-0.25, -0.2) is 0 Å². The molecule has 1 saturated carbocycles. The molecule has 196 valence electrons. The quantitative estimate of drug-likeness (QED) is 0.179. The Morgan fingerprint density at radius 1 is 0.538 bits per heavy atom. The summed E-state index contributed by atoms with van der Waals surface area (Å²) in [7, 11) is -1.10. The third-order valence-corrected chi connectivity index (χ3v) is 21.3. The van der Waals surface area contributed by atoms with Gasteiger partial charge < -0.3 is 4.57 Å². The number of hydrogen-bond donors (Lipinski definition) is 0. The van der Waals surface area contributed by atoms with Gasteiger partial charge in [-0.1, -0.05) is 24.3 Å². The van der Waals surface area contributed by atoms with Gasteiger partial charge in [-0.2, -0.15) is 0 Å². The van der Waals surface area contributed by atoms with Crippen LogP contribution in [0.4, 0.5) is 0 Å². The fourth-order valence-corrected chi connectivity index (χ4v) is 23.1. The van der Waals surface area contributed by atoms with Crippen LogP contribution in [0.3, 0.4) is 0 Å². The van der Waals surface area contributed by atoms with Gasteiger partial charge in [0.05, 0.1) is 0 Å². The van der Waals surface area contributed by atoms with Crippen molar-refractivity contribution in [2.75, 3.05) is 0 Å². The number of rotatable bonds is 5. The first-order chi connectivity index (χ1) is 19.3. The van der Waals surface area contributed by atoms with Gasteiger partial charge in [0.15, 0.2) is 6.83 Å². The number of allylic oxidation sites excluding steroid dienone is 2. The molecule has 0 N–H and O–H groups in total. The van der Waals surface area contributed by atoms with Gasteiger partial charge in [-0.15, -0.1) is 45.3 Å². The van der Waals surface area contributed by atoms with Crippen LogP contribution in [0.25, 0.3) is 31.0 Å². The molecule has 0 unspecified atom stereocenters. The second-order valence-electron chi connectivity index (χ2n) is 10.5. The highest BCUT2D eigenvalue weighted by Crippen LogP contribution is 2.93. The van der Waals surface area contributed by atoms with Gasteiger partial charge in [0.25, 0.3) is 0 Å². The molecule has 2 aliphatic carbocycles. The average Bonchev–Trinajstić information content (AvgIpc) is 3.80. The van der Waals surface area contributed by atoms with Crippen LogP contribution in [0.15, 0.2) is 81.2 Å². The SMILES string of the molecule is O=P1(p2c(-c3cccs3)c3c(c2-c2cccs2)CCCC3)C(c2cccs2)=C2CCCCC2=C1c1cccs1. The minimum atomic E-state index is -3.05. The highest BCUT2D eigenvalue weighted by molar-refractivity contribution is 8.40. The zero-order valence-electron chi connectivity index (χ0n) is 21.5. The van der Waals surface area contributed by atoms with Crippen molar-refractivity contribution in [2.24, 2.45) is 0 Å². The van der Waals surface area contributed by atoms with Gasteiger partial charge in [0.2, 0.25) is 0 Å². The molecule has 6 heterocycles. The highest BCUT2D eigenvalue weighted by atomic mass is 32.1. The Labute approximate surface area is 246 Å². The summed E-state index contributed by atoms with van der Waals surface area (Å²) in [4.78, 5) is 5.17. The first-order valence-electron chi connectivity index (χ1n) is 13.8. The van der Waals surface area contributed by atoms with Crippen LogP contribution in [0, 0.1) is 0 Å². The van der Waals surface area contributed by atoms with E-state index >= 15 is 4.57 Å². The monoisotopic (exact) mass is 618 g/mol. The maximum Gasteiger partial charge on any atom is 0.188 e. The number of hydrogen-bond acceptors (Lipinski definition) is 5. The number of fused-ring (bicyclic) bond motifs is 2. The molecule has 0 amide bonds. The Kier molecular flexibility index (Phi) is 6.41. The smallest absolute Gasteiger partial charge is 0.188 e. The lowest BCUT2D eigenvalue weighted by atomic mass is 9.88. The van der Waals surface area contributed by atoms with Crippen LogP contribution in [0.2, 0.25) is 0 Å². The summed E-state index contributed by atoms with van der Waals surface area (Å²) in [5.74, 6) is 0. The molecular weight excluding hydrogens is 591 g/mol. The van der Waals surface area contributed by atoms with Gasteiger partial charge in [0.1, 0.15) is 0 Å². The highest BCUT2D eigenvalue weighted by Gasteiger charge is 2.50. The van der Waals surface area contributed by atoms with E-state index in [0.717, 1.165) is 25.7 Å². The molecule has 0 atom stereocenters. The third-order valence-electron chi connectivity index (χ3n) is 8.41. The second-order valence-corrected chi connectivity index (χ2v) is 20.8. The molecule has 0 radical (unpaired) electrons. The van der Waals surface area contributed by atoms with Crippen molar-refractivity contribution in [1.82, 2.24) is 0 Å². The maximum absolute atomic E-state index is 16.9. The van der Waals surface area contributed by atoms with Gasteiger partial charge in [0, 0.05) is 40.7 Å². The molecule has 39 heavy (non-hydrogen) atoms. The molecule has 5 aromatic heterocycles. The minimum absolute atomic E-state index is 1.06. The van der Waals surface area contributed by atoms with Crippen LogP contribution in [0.5, 0.6) is 0 Å². The Morgan fingerprint density at radius 2 is 0.923 bits per heavy atom. The third kappa shape index (κ3) is 3.78. The minimum Gasteiger partial charge on any atom is -0.304 e. The summed E-state index contributed by atoms with van der Waals surface area (Å²) in [5, 5.41) is 14.1. The molecule has 8 rings (SSSR count). The van der Waals surface area contributed by atoms with Crippen LogP contribution < -0.4 is 0 Å². The van der Waals surface area contributed by atoms with E-state index in [9.17, 15) is 0 Å². The summed E-state index contributed by atoms with van der Waals surface area (Å²) in [6, 6.07) is 17.8. The Morgan fingerprint density at radius 3 is 1.31 bits per heavy atom. The van der Waals surface area contributed by atoms with Gasteiger partial charge >= 0.3 is 0 Å². The normalized spacial score (nSPS) is 18.6. The van der Waals surface area contributed by atoms with Crippen LogP contribution >= 0.6 is 59.4 Å². The van der Waals surface area contributed by atoms with Crippen LogP contribution in [0.1, 0.15) is 59.4 Å².